The van der Waals surface area contributed by atoms with Crippen LogP contribution in [-0.4, -0.2) is 31.3 Å². The van der Waals surface area contributed by atoms with Crippen molar-refractivity contribution < 1.29 is 4.79 Å². The van der Waals surface area contributed by atoms with Crippen LogP contribution in [0, 0.1) is 13.8 Å². The predicted octanol–water partition coefficient (Wildman–Crippen LogP) is 3.42. The largest absolute Gasteiger partial charge is 0.321 e. The third-order valence-corrected chi connectivity index (χ3v) is 5.52. The summed E-state index contributed by atoms with van der Waals surface area (Å²) >= 11 is 1.69. The van der Waals surface area contributed by atoms with Gasteiger partial charge in [-0.05, 0) is 52.3 Å². The average Bonchev–Trinajstić information content (AvgIpc) is 3.01. The first-order chi connectivity index (χ1) is 11.3. The van der Waals surface area contributed by atoms with Crippen LogP contribution >= 0.6 is 11.8 Å². The van der Waals surface area contributed by atoms with E-state index in [0.29, 0.717) is 12.3 Å². The van der Waals surface area contributed by atoms with Gasteiger partial charge in [0.05, 0.1) is 17.0 Å². The van der Waals surface area contributed by atoms with Crippen molar-refractivity contribution in [3.05, 3.63) is 47.0 Å². The number of hydrogen-bond donors (Lipinski definition) is 0. The molecule has 0 aliphatic carbocycles. The van der Waals surface area contributed by atoms with Crippen molar-refractivity contribution >= 4 is 17.7 Å². The molecule has 2 aromatic heterocycles. The summed E-state index contributed by atoms with van der Waals surface area (Å²) in [5.41, 5.74) is 4.36. The summed E-state index contributed by atoms with van der Waals surface area (Å²) in [6.07, 6.45) is 3.54. The molecule has 1 fully saturated rings. The number of thioether (sulfide) groups is 1. The summed E-state index contributed by atoms with van der Waals surface area (Å²) in [7, 11) is 0. The number of carbonyl (C=O) groups excluding carboxylic acids is 1. The van der Waals surface area contributed by atoms with Gasteiger partial charge in [-0.1, -0.05) is 0 Å². The van der Waals surface area contributed by atoms with E-state index < -0.39 is 0 Å². The van der Waals surface area contributed by atoms with Crippen molar-refractivity contribution in [1.82, 2.24) is 19.7 Å². The molecular formula is C18H24N4OS. The Morgan fingerprint density at radius 1 is 1.25 bits per heavy atom. The summed E-state index contributed by atoms with van der Waals surface area (Å²) in [6.45, 7) is 11.2. The van der Waals surface area contributed by atoms with E-state index in [1.165, 1.54) is 5.56 Å². The van der Waals surface area contributed by atoms with Gasteiger partial charge >= 0.3 is 0 Å². The van der Waals surface area contributed by atoms with E-state index in [1.807, 2.05) is 24.0 Å². The van der Waals surface area contributed by atoms with Crippen molar-refractivity contribution in [3.63, 3.8) is 0 Å². The summed E-state index contributed by atoms with van der Waals surface area (Å²) in [6, 6.07) is 3.93. The third kappa shape index (κ3) is 3.07. The van der Waals surface area contributed by atoms with Crippen LogP contribution in [0.5, 0.6) is 0 Å². The number of hydrogen-bond acceptors (Lipinski definition) is 4. The van der Waals surface area contributed by atoms with Crippen molar-refractivity contribution in [3.8, 4) is 0 Å². The number of aryl methyl sites for hydroxylation is 1. The molecule has 0 spiro atoms. The van der Waals surface area contributed by atoms with Gasteiger partial charge in [0.2, 0.25) is 5.91 Å². The summed E-state index contributed by atoms with van der Waals surface area (Å²) in [4.78, 5) is 18.5. The molecule has 128 valence electrons. The zero-order valence-corrected chi connectivity index (χ0v) is 15.7. The van der Waals surface area contributed by atoms with Crippen LogP contribution < -0.4 is 0 Å². The standard InChI is InChI=1S/C18H24N4OS/c1-12-16(13(2)22(20-12)18(3,4)5)17-21(15(23)11-24-17)10-14-6-8-19-9-7-14/h6-9,17H,10-11H2,1-5H3. The fraction of sp³-hybridized carbons (Fsp3) is 0.500. The lowest BCUT2D eigenvalue weighted by Crippen LogP contribution is -2.28. The minimum absolute atomic E-state index is 0.0294. The Kier molecular flexibility index (Phi) is 4.42. The quantitative estimate of drug-likeness (QED) is 0.856. The molecule has 3 heterocycles. The highest BCUT2D eigenvalue weighted by molar-refractivity contribution is 8.00. The first-order valence-corrected chi connectivity index (χ1v) is 9.20. The molecule has 5 nitrogen and oxygen atoms in total. The molecule has 0 saturated carbocycles. The Bertz CT molecular complexity index is 748. The Labute approximate surface area is 147 Å². The van der Waals surface area contributed by atoms with Crippen molar-refractivity contribution in [2.24, 2.45) is 0 Å². The van der Waals surface area contributed by atoms with E-state index in [1.54, 1.807) is 24.2 Å². The van der Waals surface area contributed by atoms with Crippen molar-refractivity contribution in [2.75, 3.05) is 5.75 Å². The van der Waals surface area contributed by atoms with Gasteiger partial charge in [-0.25, -0.2) is 0 Å². The number of nitrogens with zero attached hydrogens (tertiary/aromatic N) is 4. The van der Waals surface area contributed by atoms with Gasteiger partial charge in [0, 0.05) is 30.2 Å². The molecular weight excluding hydrogens is 320 g/mol. The molecule has 0 bridgehead atoms. The minimum Gasteiger partial charge on any atom is -0.321 e. The zero-order chi connectivity index (χ0) is 17.5. The topological polar surface area (TPSA) is 51.0 Å². The maximum absolute atomic E-state index is 12.5. The molecule has 3 rings (SSSR count). The van der Waals surface area contributed by atoms with Crippen LogP contribution in [0.2, 0.25) is 0 Å². The summed E-state index contributed by atoms with van der Waals surface area (Å²) in [5, 5.41) is 4.78. The minimum atomic E-state index is -0.0731. The van der Waals surface area contributed by atoms with E-state index in [0.717, 1.165) is 17.0 Å². The van der Waals surface area contributed by atoms with Gasteiger partial charge in [-0.15, -0.1) is 11.8 Å². The number of carbonyl (C=O) groups is 1. The highest BCUT2D eigenvalue weighted by atomic mass is 32.2. The molecule has 0 aromatic carbocycles. The SMILES string of the molecule is Cc1nn(C(C)(C)C)c(C)c1C1SCC(=O)N1Cc1ccncc1. The predicted molar refractivity (Wildman–Crippen MR) is 96.7 cm³/mol. The van der Waals surface area contributed by atoms with Crippen molar-refractivity contribution in [2.45, 2.75) is 52.1 Å². The molecule has 1 aliphatic heterocycles. The van der Waals surface area contributed by atoms with Gasteiger partial charge in [-0.2, -0.15) is 5.10 Å². The lowest BCUT2D eigenvalue weighted by Gasteiger charge is -2.26. The van der Waals surface area contributed by atoms with E-state index in [9.17, 15) is 4.79 Å². The number of amides is 1. The van der Waals surface area contributed by atoms with Gasteiger partial charge < -0.3 is 4.90 Å². The van der Waals surface area contributed by atoms with Crippen LogP contribution in [0.4, 0.5) is 0 Å². The number of pyridine rings is 1. The fourth-order valence-electron chi connectivity index (χ4n) is 3.21. The first kappa shape index (κ1) is 17.0. The second kappa shape index (κ2) is 6.24. The Morgan fingerprint density at radius 3 is 2.50 bits per heavy atom. The average molecular weight is 344 g/mol. The Hall–Kier alpha value is -1.82. The maximum atomic E-state index is 12.5. The Morgan fingerprint density at radius 2 is 1.92 bits per heavy atom. The summed E-state index contributed by atoms with van der Waals surface area (Å²) < 4.78 is 2.08. The first-order valence-electron chi connectivity index (χ1n) is 8.15. The van der Waals surface area contributed by atoms with Gasteiger partial charge in [0.1, 0.15) is 5.37 Å². The van der Waals surface area contributed by atoms with Crippen LogP contribution in [0.25, 0.3) is 0 Å². The van der Waals surface area contributed by atoms with E-state index in [2.05, 4.69) is 37.4 Å². The number of rotatable bonds is 3. The molecule has 1 amide bonds. The highest BCUT2D eigenvalue weighted by Gasteiger charge is 2.37. The molecule has 24 heavy (non-hydrogen) atoms. The van der Waals surface area contributed by atoms with E-state index in [4.69, 9.17) is 5.10 Å². The van der Waals surface area contributed by atoms with E-state index in [-0.39, 0.29) is 16.8 Å². The normalized spacial score (nSPS) is 18.5. The molecule has 0 radical (unpaired) electrons. The van der Waals surface area contributed by atoms with Gasteiger partial charge in [-0.3, -0.25) is 14.5 Å². The van der Waals surface area contributed by atoms with E-state index >= 15 is 0 Å². The van der Waals surface area contributed by atoms with Crippen LogP contribution in [-0.2, 0) is 16.9 Å². The maximum Gasteiger partial charge on any atom is 0.234 e. The summed E-state index contributed by atoms with van der Waals surface area (Å²) in [5.74, 6) is 0.708. The zero-order valence-electron chi connectivity index (χ0n) is 14.9. The van der Waals surface area contributed by atoms with Crippen molar-refractivity contribution in [1.29, 1.82) is 0 Å². The van der Waals surface area contributed by atoms with Crippen LogP contribution in [0.3, 0.4) is 0 Å². The van der Waals surface area contributed by atoms with Crippen LogP contribution in [0.1, 0.15) is 48.7 Å². The van der Waals surface area contributed by atoms with Crippen LogP contribution in [0.15, 0.2) is 24.5 Å². The molecule has 1 saturated heterocycles. The molecule has 1 aliphatic rings. The second-order valence-corrected chi connectivity index (χ2v) is 8.28. The molecule has 6 heteroatoms. The molecule has 1 unspecified atom stereocenters. The smallest absolute Gasteiger partial charge is 0.234 e. The lowest BCUT2D eigenvalue weighted by molar-refractivity contribution is -0.128. The molecule has 0 N–H and O–H groups in total. The monoisotopic (exact) mass is 344 g/mol. The van der Waals surface area contributed by atoms with Gasteiger partial charge in [0.25, 0.3) is 0 Å². The number of aromatic nitrogens is 3. The van der Waals surface area contributed by atoms with Gasteiger partial charge in [0.15, 0.2) is 0 Å². The Balaban J connectivity index is 1.96. The lowest BCUT2D eigenvalue weighted by atomic mass is 10.1. The second-order valence-electron chi connectivity index (χ2n) is 7.21. The highest BCUT2D eigenvalue weighted by Crippen LogP contribution is 2.42. The fourth-order valence-corrected chi connectivity index (χ4v) is 4.56. The molecule has 2 aromatic rings. The molecule has 1 atom stereocenters. The third-order valence-electron chi connectivity index (χ3n) is 4.30.